The molecule has 1 unspecified atom stereocenters. The monoisotopic (exact) mass is 401 g/mol. The number of nitrogens with one attached hydrogen (secondary N) is 1. The molecule has 144 valence electrons. The molecule has 1 heterocycles. The van der Waals surface area contributed by atoms with Crippen molar-refractivity contribution in [3.05, 3.63) is 54.6 Å². The Morgan fingerprint density at radius 1 is 1.00 bits per heavy atom. The average molecular weight is 401 g/mol. The summed E-state index contributed by atoms with van der Waals surface area (Å²) in [4.78, 5) is 24.3. The third-order valence-electron chi connectivity index (χ3n) is 3.59. The molecule has 11 nitrogen and oxygen atoms in total. The lowest BCUT2D eigenvalue weighted by Crippen LogP contribution is -2.35. The van der Waals surface area contributed by atoms with E-state index >= 15 is 0 Å². The molecule has 0 saturated carbocycles. The summed E-state index contributed by atoms with van der Waals surface area (Å²) >= 11 is 0. The first-order chi connectivity index (χ1) is 13.3. The Bertz CT molecular complexity index is 1060. The SMILES string of the molecule is NC(N)=NS(=O)(=O)c1ccc(N=NC2C(=O)NN(c3ccccc3)C2=O)cc1. The highest BCUT2D eigenvalue weighted by atomic mass is 32.2. The number of rotatable bonds is 5. The lowest BCUT2D eigenvalue weighted by molar-refractivity contribution is -0.124. The van der Waals surface area contributed by atoms with Crippen LogP contribution in [0.5, 0.6) is 0 Å². The molecular formula is C16H15N7O4S. The van der Waals surface area contributed by atoms with Crippen LogP contribution in [0, 0.1) is 0 Å². The fourth-order valence-corrected chi connectivity index (χ4v) is 3.20. The number of nitrogens with zero attached hydrogens (tertiary/aromatic N) is 4. The standard InChI is InChI=1S/C16H15N7O4S/c17-16(18)22-28(26,27)12-8-6-10(7-9-12)19-20-13-14(24)21-23(15(13)25)11-4-2-1-3-5-11/h1-9,13H,(H,21,24)(H4,17,18,22). The highest BCUT2D eigenvalue weighted by Crippen LogP contribution is 2.21. The van der Waals surface area contributed by atoms with Gasteiger partial charge in [-0.1, -0.05) is 18.2 Å². The highest BCUT2D eigenvalue weighted by Gasteiger charge is 2.40. The van der Waals surface area contributed by atoms with E-state index in [1.807, 2.05) is 0 Å². The number of para-hydroxylation sites is 1. The van der Waals surface area contributed by atoms with Crippen LogP contribution in [0.4, 0.5) is 11.4 Å². The van der Waals surface area contributed by atoms with E-state index < -0.39 is 33.8 Å². The normalized spacial score (nSPS) is 17.0. The van der Waals surface area contributed by atoms with Crippen molar-refractivity contribution in [2.75, 3.05) is 5.01 Å². The summed E-state index contributed by atoms with van der Waals surface area (Å²) in [5.41, 5.74) is 13.3. The number of azo groups is 1. The summed E-state index contributed by atoms with van der Waals surface area (Å²) in [5, 5.41) is 8.71. The minimum Gasteiger partial charge on any atom is -0.369 e. The summed E-state index contributed by atoms with van der Waals surface area (Å²) in [7, 11) is -4.02. The lowest BCUT2D eigenvalue weighted by atomic mass is 10.3. The Labute approximate surface area is 159 Å². The lowest BCUT2D eigenvalue weighted by Gasteiger charge is -2.14. The molecule has 0 aliphatic carbocycles. The maximum Gasteiger partial charge on any atom is 0.285 e. The van der Waals surface area contributed by atoms with Gasteiger partial charge in [-0.05, 0) is 36.4 Å². The molecule has 0 radical (unpaired) electrons. The zero-order chi connectivity index (χ0) is 20.3. The molecule has 1 saturated heterocycles. The van der Waals surface area contributed by atoms with Crippen molar-refractivity contribution in [2.24, 2.45) is 26.1 Å². The van der Waals surface area contributed by atoms with Crippen molar-refractivity contribution in [3.63, 3.8) is 0 Å². The van der Waals surface area contributed by atoms with Crippen molar-refractivity contribution in [3.8, 4) is 0 Å². The minimum absolute atomic E-state index is 0.148. The Morgan fingerprint density at radius 3 is 2.25 bits per heavy atom. The van der Waals surface area contributed by atoms with E-state index in [2.05, 4.69) is 20.1 Å². The summed E-state index contributed by atoms with van der Waals surface area (Å²) in [5.74, 6) is -1.78. The van der Waals surface area contributed by atoms with Crippen molar-refractivity contribution in [1.82, 2.24) is 5.43 Å². The molecule has 2 amide bonds. The van der Waals surface area contributed by atoms with Crippen LogP contribution in [0.2, 0.25) is 0 Å². The second kappa shape index (κ2) is 7.44. The predicted octanol–water partition coefficient (Wildman–Crippen LogP) is 0.179. The van der Waals surface area contributed by atoms with E-state index in [-0.39, 0.29) is 10.6 Å². The van der Waals surface area contributed by atoms with Gasteiger partial charge in [0.1, 0.15) is 0 Å². The average Bonchev–Trinajstić information content (AvgIpc) is 2.94. The van der Waals surface area contributed by atoms with Crippen LogP contribution in [-0.4, -0.2) is 32.2 Å². The van der Waals surface area contributed by atoms with Gasteiger partial charge in [0, 0.05) is 0 Å². The number of benzene rings is 2. The van der Waals surface area contributed by atoms with Gasteiger partial charge in [0.25, 0.3) is 21.8 Å². The van der Waals surface area contributed by atoms with E-state index in [0.717, 1.165) is 5.01 Å². The summed E-state index contributed by atoms with van der Waals surface area (Å²) in [6.07, 6.45) is 0. The van der Waals surface area contributed by atoms with Gasteiger partial charge in [-0.3, -0.25) is 15.0 Å². The van der Waals surface area contributed by atoms with Gasteiger partial charge < -0.3 is 11.5 Å². The first-order valence-corrected chi connectivity index (χ1v) is 9.28. The van der Waals surface area contributed by atoms with E-state index in [4.69, 9.17) is 11.5 Å². The van der Waals surface area contributed by atoms with E-state index in [1.165, 1.54) is 24.3 Å². The topological polar surface area (TPSA) is 173 Å². The van der Waals surface area contributed by atoms with Crippen LogP contribution in [0.15, 0.2) is 74.1 Å². The van der Waals surface area contributed by atoms with Crippen molar-refractivity contribution < 1.29 is 18.0 Å². The summed E-state index contributed by atoms with van der Waals surface area (Å²) in [6, 6.07) is 12.3. The Morgan fingerprint density at radius 2 is 1.64 bits per heavy atom. The number of anilines is 1. The number of sulfonamides is 1. The Hall–Kier alpha value is -3.80. The molecule has 0 aromatic heterocycles. The van der Waals surface area contributed by atoms with Gasteiger partial charge in [-0.15, -0.1) is 4.40 Å². The van der Waals surface area contributed by atoms with Gasteiger partial charge >= 0.3 is 0 Å². The molecule has 0 spiro atoms. The first kappa shape index (κ1) is 19.0. The van der Waals surface area contributed by atoms with Crippen LogP contribution in [0.1, 0.15) is 0 Å². The van der Waals surface area contributed by atoms with Crippen molar-refractivity contribution in [2.45, 2.75) is 10.9 Å². The zero-order valence-corrected chi connectivity index (χ0v) is 15.1. The van der Waals surface area contributed by atoms with Gasteiger partial charge in [0.15, 0.2) is 0 Å². The number of carbonyl (C=O) groups is 2. The maximum absolute atomic E-state index is 12.4. The minimum atomic E-state index is -4.02. The maximum atomic E-state index is 12.4. The molecule has 2 aromatic carbocycles. The van der Waals surface area contributed by atoms with Crippen LogP contribution in [0.25, 0.3) is 0 Å². The molecule has 28 heavy (non-hydrogen) atoms. The van der Waals surface area contributed by atoms with E-state index in [1.54, 1.807) is 30.3 Å². The number of hydrogen-bond donors (Lipinski definition) is 3. The third-order valence-corrected chi connectivity index (χ3v) is 4.91. The molecule has 1 aliphatic heterocycles. The van der Waals surface area contributed by atoms with Crippen LogP contribution < -0.4 is 21.9 Å². The number of amides is 2. The molecule has 5 N–H and O–H groups in total. The number of hydrazine groups is 1. The van der Waals surface area contributed by atoms with Gasteiger partial charge in [0.05, 0.1) is 16.3 Å². The van der Waals surface area contributed by atoms with Gasteiger partial charge in [-0.2, -0.15) is 18.6 Å². The van der Waals surface area contributed by atoms with Gasteiger partial charge in [-0.25, -0.2) is 5.01 Å². The molecule has 12 heteroatoms. The number of nitrogens with two attached hydrogens (primary N) is 2. The first-order valence-electron chi connectivity index (χ1n) is 7.84. The molecule has 1 fully saturated rings. The predicted molar refractivity (Wildman–Crippen MR) is 99.8 cm³/mol. The van der Waals surface area contributed by atoms with Crippen molar-refractivity contribution >= 4 is 39.2 Å². The molecule has 3 rings (SSSR count). The molecular weight excluding hydrogens is 386 g/mol. The number of carbonyl (C=O) groups excluding carboxylic acids is 2. The fourth-order valence-electron chi connectivity index (χ4n) is 2.33. The van der Waals surface area contributed by atoms with Crippen LogP contribution in [-0.2, 0) is 19.6 Å². The third kappa shape index (κ3) is 3.96. The zero-order valence-electron chi connectivity index (χ0n) is 14.3. The second-order valence-electron chi connectivity index (χ2n) is 5.59. The number of hydrogen-bond acceptors (Lipinski definition) is 6. The molecule has 0 bridgehead atoms. The van der Waals surface area contributed by atoms with E-state index in [0.29, 0.717) is 5.69 Å². The second-order valence-corrected chi connectivity index (χ2v) is 7.19. The van der Waals surface area contributed by atoms with Crippen LogP contribution >= 0.6 is 0 Å². The largest absolute Gasteiger partial charge is 0.369 e. The highest BCUT2D eigenvalue weighted by molar-refractivity contribution is 7.90. The van der Waals surface area contributed by atoms with Crippen molar-refractivity contribution in [1.29, 1.82) is 0 Å². The fraction of sp³-hybridized carbons (Fsp3) is 0.0625. The summed E-state index contributed by atoms with van der Waals surface area (Å²) in [6.45, 7) is 0. The smallest absolute Gasteiger partial charge is 0.285 e. The molecule has 1 aliphatic rings. The van der Waals surface area contributed by atoms with Crippen LogP contribution in [0.3, 0.4) is 0 Å². The number of guanidine groups is 1. The quantitative estimate of drug-likeness (QED) is 0.279. The molecule has 2 aromatic rings. The van der Waals surface area contributed by atoms with E-state index in [9.17, 15) is 18.0 Å². The van der Waals surface area contributed by atoms with Gasteiger partial charge in [0.2, 0.25) is 12.0 Å². The Kier molecular flexibility index (Phi) is 5.04. The molecule has 1 atom stereocenters. The Balaban J connectivity index is 1.76. The summed E-state index contributed by atoms with van der Waals surface area (Å²) < 4.78 is 26.9.